The van der Waals surface area contributed by atoms with E-state index in [1.807, 2.05) is 30.3 Å². The highest BCUT2D eigenvalue weighted by Crippen LogP contribution is 2.27. The van der Waals surface area contributed by atoms with Gasteiger partial charge in [-0.2, -0.15) is 0 Å². The van der Waals surface area contributed by atoms with Crippen LogP contribution in [0.4, 0.5) is 0 Å². The highest BCUT2D eigenvalue weighted by atomic mass is 35.5. The molecule has 0 atom stereocenters. The Balaban J connectivity index is 1.57. The molecule has 1 fully saturated rings. The number of thiocarbonyl (C=S) groups is 1. The Morgan fingerprint density at radius 1 is 1.19 bits per heavy atom. The Hall–Kier alpha value is -1.98. The van der Waals surface area contributed by atoms with Gasteiger partial charge in [0.1, 0.15) is 5.76 Å². The molecule has 0 unspecified atom stereocenters. The molecule has 3 N–H and O–H groups in total. The van der Waals surface area contributed by atoms with Crippen molar-refractivity contribution in [1.82, 2.24) is 10.2 Å². The number of allylic oxidation sites excluding steroid dienone is 2. The molecule has 0 amide bonds. The van der Waals surface area contributed by atoms with Crippen molar-refractivity contribution >= 4 is 28.9 Å². The average molecular weight is 391 g/mol. The summed E-state index contributed by atoms with van der Waals surface area (Å²) < 4.78 is 0. The smallest absolute Gasteiger partial charge is 0.169 e. The molecule has 1 aromatic rings. The summed E-state index contributed by atoms with van der Waals surface area (Å²) in [7, 11) is 0. The number of rotatable bonds is 3. The van der Waals surface area contributed by atoms with Gasteiger partial charge in [0.15, 0.2) is 10.9 Å². The van der Waals surface area contributed by atoms with E-state index in [4.69, 9.17) is 23.8 Å². The monoisotopic (exact) mass is 390 g/mol. The van der Waals surface area contributed by atoms with Crippen LogP contribution < -0.4 is 5.32 Å². The van der Waals surface area contributed by atoms with Gasteiger partial charge in [-0.25, -0.2) is 0 Å². The van der Waals surface area contributed by atoms with Crippen molar-refractivity contribution < 1.29 is 10.2 Å². The van der Waals surface area contributed by atoms with Gasteiger partial charge in [-0.1, -0.05) is 29.8 Å². The summed E-state index contributed by atoms with van der Waals surface area (Å²) in [6.45, 7) is 2.33. The van der Waals surface area contributed by atoms with Gasteiger partial charge in [0.25, 0.3) is 0 Å². The van der Waals surface area contributed by atoms with Gasteiger partial charge in [-0.15, -0.1) is 0 Å². The summed E-state index contributed by atoms with van der Waals surface area (Å²) in [6, 6.07) is 7.85. The molecule has 0 spiro atoms. The van der Waals surface area contributed by atoms with Gasteiger partial charge in [0.2, 0.25) is 0 Å². The molecule has 2 aliphatic rings. The summed E-state index contributed by atoms with van der Waals surface area (Å²) in [5.41, 5.74) is 3.42. The minimum absolute atomic E-state index is 0.0216. The van der Waals surface area contributed by atoms with Gasteiger partial charge in [-0.05, 0) is 66.4 Å². The maximum absolute atomic E-state index is 9.86. The molecule has 0 bridgehead atoms. The molecule has 1 heterocycles. The molecule has 3 rings (SSSR count). The van der Waals surface area contributed by atoms with Crippen LogP contribution >= 0.6 is 23.8 Å². The molecule has 1 saturated heterocycles. The Morgan fingerprint density at radius 2 is 1.96 bits per heavy atom. The number of likely N-dealkylation sites (tertiary alicyclic amines) is 1. The number of hydrogen-bond donors (Lipinski definition) is 3. The Labute approximate surface area is 164 Å². The Kier molecular flexibility index (Phi) is 6.22. The highest BCUT2D eigenvalue weighted by molar-refractivity contribution is 7.80. The van der Waals surface area contributed by atoms with Crippen LogP contribution in [0.25, 0.3) is 0 Å². The lowest BCUT2D eigenvalue weighted by Crippen LogP contribution is -2.41. The van der Waals surface area contributed by atoms with E-state index in [-0.39, 0.29) is 11.5 Å². The maximum atomic E-state index is 9.86. The number of halogens is 1. The lowest BCUT2D eigenvalue weighted by atomic mass is 10.0. The number of aliphatic hydroxyl groups excluding tert-OH is 2. The molecule has 1 aromatic carbocycles. The molecule has 26 heavy (non-hydrogen) atoms. The number of nitrogens with one attached hydrogen (secondary N) is 1. The van der Waals surface area contributed by atoms with Gasteiger partial charge in [0, 0.05) is 31.1 Å². The highest BCUT2D eigenvalue weighted by Gasteiger charge is 2.20. The largest absolute Gasteiger partial charge is 0.508 e. The van der Waals surface area contributed by atoms with Crippen molar-refractivity contribution in [3.63, 3.8) is 0 Å². The quantitative estimate of drug-likeness (QED) is 0.666. The predicted molar refractivity (Wildman–Crippen MR) is 110 cm³/mol. The topological polar surface area (TPSA) is 55.7 Å². The molecule has 0 radical (unpaired) electrons. The molecule has 6 heteroatoms. The fraction of sp³-hybridized carbons (Fsp3) is 0.350. The fourth-order valence-electron chi connectivity index (χ4n) is 3.19. The molecular formula is C20H23ClN2O2S. The number of hydrogen-bond acceptors (Lipinski definition) is 3. The van der Waals surface area contributed by atoms with Gasteiger partial charge >= 0.3 is 0 Å². The zero-order valence-corrected chi connectivity index (χ0v) is 16.1. The third-order valence-corrected chi connectivity index (χ3v) is 5.34. The first-order valence-electron chi connectivity index (χ1n) is 8.81. The van der Waals surface area contributed by atoms with Crippen LogP contribution in [0.2, 0.25) is 5.02 Å². The second kappa shape index (κ2) is 8.60. The summed E-state index contributed by atoms with van der Waals surface area (Å²) >= 11 is 11.5. The van der Waals surface area contributed by atoms with Gasteiger partial charge < -0.3 is 20.4 Å². The summed E-state index contributed by atoms with van der Waals surface area (Å²) in [4.78, 5) is 2.16. The first kappa shape index (κ1) is 18.8. The van der Waals surface area contributed by atoms with Crippen LogP contribution in [0.5, 0.6) is 0 Å². The molecule has 138 valence electrons. The number of benzene rings is 1. The van der Waals surface area contributed by atoms with Crippen molar-refractivity contribution in [3.8, 4) is 0 Å². The van der Waals surface area contributed by atoms with Crippen LogP contribution in [0.15, 0.2) is 59.1 Å². The van der Waals surface area contributed by atoms with Crippen LogP contribution in [0.1, 0.15) is 24.8 Å². The van der Waals surface area contributed by atoms with E-state index in [0.29, 0.717) is 13.0 Å². The molecule has 0 saturated carbocycles. The molecule has 4 nitrogen and oxygen atoms in total. The molecular weight excluding hydrogens is 368 g/mol. The second-order valence-corrected chi connectivity index (χ2v) is 7.39. The average Bonchev–Trinajstić information content (AvgIpc) is 2.90. The molecule has 1 aliphatic carbocycles. The SMILES string of the molecule is OC1=C(O)CC=C2CN(C(=S)NCCc3ccc(Cl)cc3)CCCC2=C1. The molecule has 1 aliphatic heterocycles. The van der Waals surface area contributed by atoms with Crippen molar-refractivity contribution in [2.75, 3.05) is 19.6 Å². The van der Waals surface area contributed by atoms with Gasteiger partial charge in [0.05, 0.1) is 0 Å². The van der Waals surface area contributed by atoms with E-state index in [1.54, 1.807) is 6.08 Å². The third-order valence-electron chi connectivity index (χ3n) is 4.69. The standard InChI is InChI=1S/C20H23ClN2O2S/c21-17-6-3-14(4-7-17)9-10-22-20(26)23-11-1-2-15-12-19(25)18(24)8-5-16(15)13-23/h3-7,12,24-25H,1-2,8-11,13H2,(H,22,26). The first-order chi connectivity index (χ1) is 12.5. The van der Waals surface area contributed by atoms with E-state index in [9.17, 15) is 10.2 Å². The van der Waals surface area contributed by atoms with Crippen molar-refractivity contribution in [3.05, 3.63) is 69.7 Å². The Bertz CT molecular complexity index is 769. The summed E-state index contributed by atoms with van der Waals surface area (Å²) in [5.74, 6) is -0.00310. The molecule has 0 aromatic heterocycles. The number of aliphatic hydroxyl groups is 2. The van der Waals surface area contributed by atoms with Gasteiger partial charge in [-0.3, -0.25) is 0 Å². The number of fused-ring (bicyclic) bond motifs is 1. The lowest BCUT2D eigenvalue weighted by Gasteiger charge is -2.25. The van der Waals surface area contributed by atoms with E-state index in [2.05, 4.69) is 10.2 Å². The van der Waals surface area contributed by atoms with Crippen LogP contribution in [0.3, 0.4) is 0 Å². The fourth-order valence-corrected chi connectivity index (χ4v) is 3.57. The zero-order valence-electron chi connectivity index (χ0n) is 14.5. The van der Waals surface area contributed by atoms with Crippen LogP contribution in [-0.4, -0.2) is 39.9 Å². The van der Waals surface area contributed by atoms with Crippen LogP contribution in [-0.2, 0) is 6.42 Å². The van der Waals surface area contributed by atoms with E-state index in [1.165, 1.54) is 5.56 Å². The lowest BCUT2D eigenvalue weighted by molar-refractivity contribution is 0.331. The first-order valence-corrected chi connectivity index (χ1v) is 9.60. The minimum atomic E-state index is -0.0247. The number of nitrogens with zero attached hydrogens (tertiary/aromatic N) is 1. The predicted octanol–water partition coefficient (Wildman–Crippen LogP) is 4.44. The van der Waals surface area contributed by atoms with E-state index < -0.39 is 0 Å². The summed E-state index contributed by atoms with van der Waals surface area (Å²) in [6.07, 6.45) is 6.73. The Morgan fingerprint density at radius 3 is 2.73 bits per heavy atom. The normalized spacial score (nSPS) is 17.7. The minimum Gasteiger partial charge on any atom is -0.508 e. The zero-order chi connectivity index (χ0) is 18.5. The van der Waals surface area contributed by atoms with Crippen molar-refractivity contribution in [2.24, 2.45) is 0 Å². The maximum Gasteiger partial charge on any atom is 0.169 e. The second-order valence-electron chi connectivity index (χ2n) is 6.57. The van der Waals surface area contributed by atoms with E-state index in [0.717, 1.165) is 53.6 Å². The summed E-state index contributed by atoms with van der Waals surface area (Å²) in [5, 5.41) is 24.5. The van der Waals surface area contributed by atoms with Crippen molar-refractivity contribution in [2.45, 2.75) is 25.7 Å². The third kappa shape index (κ3) is 4.80. The van der Waals surface area contributed by atoms with Crippen LogP contribution in [0, 0.1) is 0 Å². The van der Waals surface area contributed by atoms with E-state index >= 15 is 0 Å². The van der Waals surface area contributed by atoms with Crippen molar-refractivity contribution in [1.29, 1.82) is 0 Å².